The van der Waals surface area contributed by atoms with E-state index in [0.717, 1.165) is 11.3 Å². The van der Waals surface area contributed by atoms with E-state index in [0.29, 0.717) is 18.7 Å². The van der Waals surface area contributed by atoms with Crippen LogP contribution in [0.3, 0.4) is 0 Å². The zero-order valence-electron chi connectivity index (χ0n) is 16.2. The third kappa shape index (κ3) is 5.89. The fraction of sp³-hybridized carbons (Fsp3) is 0.350. The van der Waals surface area contributed by atoms with Gasteiger partial charge in [-0.15, -0.1) is 0 Å². The third-order valence-electron chi connectivity index (χ3n) is 4.11. The number of nitrogens with zero attached hydrogens (tertiary/aromatic N) is 1. The van der Waals surface area contributed by atoms with E-state index in [2.05, 4.69) is 23.9 Å². The number of nitrogens with one attached hydrogen (secondary N) is 2. The molecular weight excluding hydrogens is 362 g/mol. The van der Waals surface area contributed by atoms with Gasteiger partial charge in [-0.25, -0.2) is 13.1 Å². The number of benzene rings is 2. The fourth-order valence-electron chi connectivity index (χ4n) is 2.58. The second-order valence-corrected chi connectivity index (χ2v) is 8.69. The van der Waals surface area contributed by atoms with Crippen LogP contribution in [0.5, 0.6) is 0 Å². The van der Waals surface area contributed by atoms with E-state index in [9.17, 15) is 13.2 Å². The minimum absolute atomic E-state index is 0.139. The number of amides is 1. The predicted octanol–water partition coefficient (Wildman–Crippen LogP) is 2.90. The van der Waals surface area contributed by atoms with Gasteiger partial charge in [-0.05, 0) is 55.9 Å². The maximum absolute atomic E-state index is 12.5. The molecule has 0 atom stereocenters. The van der Waals surface area contributed by atoms with E-state index in [1.54, 1.807) is 0 Å². The van der Waals surface area contributed by atoms with Gasteiger partial charge in [0.15, 0.2) is 0 Å². The summed E-state index contributed by atoms with van der Waals surface area (Å²) in [6.45, 7) is 5.06. The summed E-state index contributed by atoms with van der Waals surface area (Å²) in [6, 6.07) is 13.6. The molecule has 1 amide bonds. The van der Waals surface area contributed by atoms with Crippen molar-refractivity contribution in [3.63, 3.8) is 0 Å². The lowest BCUT2D eigenvalue weighted by Gasteiger charge is -2.14. The normalized spacial score (nSPS) is 11.8. The molecule has 0 fully saturated rings. The topological polar surface area (TPSA) is 78.5 Å². The average Bonchev–Trinajstić information content (AvgIpc) is 2.61. The summed E-state index contributed by atoms with van der Waals surface area (Å²) in [4.78, 5) is 14.5. The van der Waals surface area contributed by atoms with E-state index < -0.39 is 10.0 Å². The van der Waals surface area contributed by atoms with Gasteiger partial charge in [0.25, 0.3) is 5.91 Å². The standard InChI is InChI=1S/C20H27N3O3S/c1-15(2)18-7-5-6-8-19(18)22-20(24)16-9-11-17(12-10-16)27(25,26)21-13-14-23(3)4/h5-12,15,21H,13-14H2,1-4H3,(H,22,24). The molecule has 146 valence electrons. The summed E-state index contributed by atoms with van der Waals surface area (Å²) in [5.41, 5.74) is 2.22. The molecule has 0 unspecified atom stereocenters. The highest BCUT2D eigenvalue weighted by Gasteiger charge is 2.15. The van der Waals surface area contributed by atoms with Gasteiger partial charge < -0.3 is 10.2 Å². The van der Waals surface area contributed by atoms with Crippen molar-refractivity contribution in [3.05, 3.63) is 59.7 Å². The lowest BCUT2D eigenvalue weighted by molar-refractivity contribution is 0.102. The number of rotatable bonds is 8. The van der Waals surface area contributed by atoms with E-state index in [4.69, 9.17) is 0 Å². The second kappa shape index (κ2) is 9.12. The van der Waals surface area contributed by atoms with Crippen LogP contribution in [-0.2, 0) is 10.0 Å². The first kappa shape index (κ1) is 21.1. The first-order valence-electron chi connectivity index (χ1n) is 8.85. The van der Waals surface area contributed by atoms with Crippen LogP contribution in [0.4, 0.5) is 5.69 Å². The number of hydrogen-bond donors (Lipinski definition) is 2. The molecule has 2 N–H and O–H groups in total. The Balaban J connectivity index is 2.10. The molecule has 0 spiro atoms. The average molecular weight is 390 g/mol. The van der Waals surface area contributed by atoms with Gasteiger partial charge in [-0.3, -0.25) is 4.79 Å². The Bertz CT molecular complexity index is 876. The fourth-order valence-corrected chi connectivity index (χ4v) is 3.60. The van der Waals surface area contributed by atoms with Crippen molar-refractivity contribution >= 4 is 21.6 Å². The first-order valence-corrected chi connectivity index (χ1v) is 10.3. The first-order chi connectivity index (χ1) is 12.7. The Morgan fingerprint density at radius 3 is 2.26 bits per heavy atom. The second-order valence-electron chi connectivity index (χ2n) is 6.92. The van der Waals surface area contributed by atoms with Crippen LogP contribution in [0, 0.1) is 0 Å². The van der Waals surface area contributed by atoms with Crippen molar-refractivity contribution < 1.29 is 13.2 Å². The zero-order chi connectivity index (χ0) is 20.0. The van der Waals surface area contributed by atoms with E-state index in [1.165, 1.54) is 24.3 Å². The van der Waals surface area contributed by atoms with Crippen LogP contribution in [-0.4, -0.2) is 46.4 Å². The lowest BCUT2D eigenvalue weighted by Crippen LogP contribution is -2.31. The van der Waals surface area contributed by atoms with Crippen molar-refractivity contribution in [2.75, 3.05) is 32.5 Å². The summed E-state index contributed by atoms with van der Waals surface area (Å²) in [7, 11) is 0.165. The predicted molar refractivity (Wildman–Crippen MR) is 109 cm³/mol. The van der Waals surface area contributed by atoms with Crippen molar-refractivity contribution in [1.82, 2.24) is 9.62 Å². The van der Waals surface area contributed by atoms with Crippen LogP contribution >= 0.6 is 0 Å². The molecule has 0 radical (unpaired) electrons. The van der Waals surface area contributed by atoms with Gasteiger partial charge in [-0.1, -0.05) is 32.0 Å². The zero-order valence-corrected chi connectivity index (χ0v) is 17.0. The molecule has 0 aliphatic heterocycles. The van der Waals surface area contributed by atoms with Crippen molar-refractivity contribution in [1.29, 1.82) is 0 Å². The van der Waals surface area contributed by atoms with Crippen LogP contribution in [0.25, 0.3) is 0 Å². The quantitative estimate of drug-likeness (QED) is 0.728. The number of likely N-dealkylation sites (N-methyl/N-ethyl adjacent to an activating group) is 1. The van der Waals surface area contributed by atoms with E-state index >= 15 is 0 Å². The SMILES string of the molecule is CC(C)c1ccccc1NC(=O)c1ccc(S(=O)(=O)NCCN(C)C)cc1. The largest absolute Gasteiger partial charge is 0.322 e. The minimum Gasteiger partial charge on any atom is -0.322 e. The minimum atomic E-state index is -3.58. The van der Waals surface area contributed by atoms with E-state index in [-0.39, 0.29) is 16.7 Å². The van der Waals surface area contributed by atoms with Gasteiger partial charge in [-0.2, -0.15) is 0 Å². The van der Waals surface area contributed by atoms with Gasteiger partial charge in [0, 0.05) is 24.3 Å². The Hall–Kier alpha value is -2.22. The van der Waals surface area contributed by atoms with Gasteiger partial charge in [0.2, 0.25) is 10.0 Å². The van der Waals surface area contributed by atoms with Gasteiger partial charge >= 0.3 is 0 Å². The summed E-state index contributed by atoms with van der Waals surface area (Å²) < 4.78 is 27.1. The number of para-hydroxylation sites is 1. The maximum atomic E-state index is 12.5. The molecule has 2 aromatic carbocycles. The van der Waals surface area contributed by atoms with E-state index in [1.807, 2.05) is 43.3 Å². The molecule has 0 aromatic heterocycles. The summed E-state index contributed by atoms with van der Waals surface area (Å²) in [5.74, 6) is 0.00914. The maximum Gasteiger partial charge on any atom is 0.255 e. The summed E-state index contributed by atoms with van der Waals surface area (Å²) in [6.07, 6.45) is 0. The number of carbonyl (C=O) groups excluding carboxylic acids is 1. The van der Waals surface area contributed by atoms with Crippen LogP contribution in [0.2, 0.25) is 0 Å². The number of hydrogen-bond acceptors (Lipinski definition) is 4. The van der Waals surface area contributed by atoms with Crippen LogP contribution < -0.4 is 10.0 Å². The molecule has 7 heteroatoms. The number of sulfonamides is 1. The van der Waals surface area contributed by atoms with Crippen molar-refractivity contribution in [3.8, 4) is 0 Å². The van der Waals surface area contributed by atoms with Gasteiger partial charge in [0.05, 0.1) is 4.90 Å². The number of anilines is 1. The Labute approximate surface area is 161 Å². The lowest BCUT2D eigenvalue weighted by atomic mass is 10.0. The number of carbonyl (C=O) groups is 1. The van der Waals surface area contributed by atoms with Crippen LogP contribution in [0.15, 0.2) is 53.4 Å². The highest BCUT2D eigenvalue weighted by atomic mass is 32.2. The molecule has 0 bridgehead atoms. The van der Waals surface area contributed by atoms with Crippen molar-refractivity contribution in [2.24, 2.45) is 0 Å². The van der Waals surface area contributed by atoms with Crippen molar-refractivity contribution in [2.45, 2.75) is 24.7 Å². The Morgan fingerprint density at radius 1 is 1.04 bits per heavy atom. The highest BCUT2D eigenvalue weighted by Crippen LogP contribution is 2.24. The highest BCUT2D eigenvalue weighted by molar-refractivity contribution is 7.89. The molecule has 0 heterocycles. The monoisotopic (exact) mass is 389 g/mol. The summed E-state index contributed by atoms with van der Waals surface area (Å²) >= 11 is 0. The molecule has 0 aliphatic rings. The molecule has 27 heavy (non-hydrogen) atoms. The molecule has 0 aliphatic carbocycles. The molecule has 2 aromatic rings. The van der Waals surface area contributed by atoms with Crippen LogP contribution in [0.1, 0.15) is 35.7 Å². The van der Waals surface area contributed by atoms with Gasteiger partial charge in [0.1, 0.15) is 0 Å². The Kier molecular flexibility index (Phi) is 7.12. The molecule has 6 nitrogen and oxygen atoms in total. The molecule has 0 saturated heterocycles. The smallest absolute Gasteiger partial charge is 0.255 e. The summed E-state index contributed by atoms with van der Waals surface area (Å²) in [5, 5.41) is 2.90. The molecular formula is C20H27N3O3S. The molecule has 2 rings (SSSR count). The third-order valence-corrected chi connectivity index (χ3v) is 5.59. The Morgan fingerprint density at radius 2 is 1.67 bits per heavy atom. The molecule has 0 saturated carbocycles.